The number of sulfonamides is 1. The van der Waals surface area contributed by atoms with Crippen molar-refractivity contribution in [3.8, 4) is 0 Å². The van der Waals surface area contributed by atoms with Crippen molar-refractivity contribution in [2.45, 2.75) is 30.7 Å². The SMILES string of the molecule is Cc1cc([C@@H]2CCCN2S(=O)(=O)c2ccccc2F)no1. The molecule has 1 atom stereocenters. The van der Waals surface area contributed by atoms with Crippen molar-refractivity contribution in [3.05, 3.63) is 47.6 Å². The lowest BCUT2D eigenvalue weighted by atomic mass is 10.1. The van der Waals surface area contributed by atoms with Gasteiger partial charge < -0.3 is 4.52 Å². The molecule has 3 rings (SSSR count). The number of nitrogens with zero attached hydrogens (tertiary/aromatic N) is 2. The molecule has 0 unspecified atom stereocenters. The van der Waals surface area contributed by atoms with Crippen molar-refractivity contribution in [2.24, 2.45) is 0 Å². The number of halogens is 1. The van der Waals surface area contributed by atoms with Gasteiger partial charge in [0.1, 0.15) is 22.2 Å². The Bertz CT molecular complexity index is 757. The fourth-order valence-electron chi connectivity index (χ4n) is 2.65. The summed E-state index contributed by atoms with van der Waals surface area (Å²) in [5, 5.41) is 3.90. The molecule has 2 aromatic rings. The first-order valence-electron chi connectivity index (χ1n) is 6.70. The Kier molecular flexibility index (Phi) is 3.54. The highest BCUT2D eigenvalue weighted by molar-refractivity contribution is 7.89. The molecule has 112 valence electrons. The van der Waals surface area contributed by atoms with Gasteiger partial charge in [-0.2, -0.15) is 4.31 Å². The molecule has 0 saturated carbocycles. The summed E-state index contributed by atoms with van der Waals surface area (Å²) in [6.45, 7) is 2.11. The van der Waals surface area contributed by atoms with Crippen LogP contribution in [0.25, 0.3) is 0 Å². The van der Waals surface area contributed by atoms with E-state index in [1.165, 1.54) is 22.5 Å². The third-order valence-electron chi connectivity index (χ3n) is 3.61. The zero-order valence-corrected chi connectivity index (χ0v) is 12.3. The monoisotopic (exact) mass is 310 g/mol. The van der Waals surface area contributed by atoms with Crippen molar-refractivity contribution in [2.75, 3.05) is 6.54 Å². The highest BCUT2D eigenvalue weighted by Crippen LogP contribution is 2.36. The number of hydrogen-bond donors (Lipinski definition) is 0. The van der Waals surface area contributed by atoms with Gasteiger partial charge in [0.15, 0.2) is 0 Å². The van der Waals surface area contributed by atoms with Crippen molar-refractivity contribution in [3.63, 3.8) is 0 Å². The van der Waals surface area contributed by atoms with E-state index in [-0.39, 0.29) is 4.90 Å². The van der Waals surface area contributed by atoms with Gasteiger partial charge in [-0.25, -0.2) is 12.8 Å². The van der Waals surface area contributed by atoms with Crippen LogP contribution < -0.4 is 0 Å². The van der Waals surface area contributed by atoms with E-state index in [0.717, 1.165) is 6.07 Å². The summed E-state index contributed by atoms with van der Waals surface area (Å²) in [5.41, 5.74) is 0.574. The van der Waals surface area contributed by atoms with Crippen LogP contribution >= 0.6 is 0 Å². The van der Waals surface area contributed by atoms with Crippen LogP contribution in [0, 0.1) is 12.7 Å². The largest absolute Gasteiger partial charge is 0.361 e. The van der Waals surface area contributed by atoms with E-state index in [1.807, 2.05) is 0 Å². The Labute approximate surface area is 122 Å². The maximum absolute atomic E-state index is 13.8. The molecular weight excluding hydrogens is 295 g/mol. The first kappa shape index (κ1) is 14.2. The molecule has 1 aromatic heterocycles. The lowest BCUT2D eigenvalue weighted by Gasteiger charge is -2.22. The Balaban J connectivity index is 2.00. The second-order valence-corrected chi connectivity index (χ2v) is 6.93. The fourth-order valence-corrected chi connectivity index (χ4v) is 4.38. The van der Waals surface area contributed by atoms with E-state index < -0.39 is 21.9 Å². The highest BCUT2D eigenvalue weighted by Gasteiger charge is 2.38. The van der Waals surface area contributed by atoms with Crippen LogP contribution in [0.4, 0.5) is 4.39 Å². The van der Waals surface area contributed by atoms with Gasteiger partial charge in [-0.1, -0.05) is 17.3 Å². The molecule has 1 fully saturated rings. The molecule has 1 aliphatic rings. The molecule has 0 amide bonds. The fraction of sp³-hybridized carbons (Fsp3) is 0.357. The van der Waals surface area contributed by atoms with Crippen LogP contribution in [0.15, 0.2) is 39.8 Å². The molecule has 0 aliphatic carbocycles. The van der Waals surface area contributed by atoms with Gasteiger partial charge in [0, 0.05) is 12.6 Å². The summed E-state index contributed by atoms with van der Waals surface area (Å²) >= 11 is 0. The average Bonchev–Trinajstić information content (AvgIpc) is 3.07. The van der Waals surface area contributed by atoms with Gasteiger partial charge in [-0.15, -0.1) is 0 Å². The summed E-state index contributed by atoms with van der Waals surface area (Å²) in [7, 11) is -3.88. The van der Waals surface area contributed by atoms with Gasteiger partial charge >= 0.3 is 0 Å². The Morgan fingerprint density at radius 3 is 2.81 bits per heavy atom. The minimum Gasteiger partial charge on any atom is -0.361 e. The Morgan fingerprint density at radius 2 is 2.14 bits per heavy atom. The lowest BCUT2D eigenvalue weighted by Crippen LogP contribution is -2.31. The summed E-state index contributed by atoms with van der Waals surface area (Å²) < 4.78 is 45.5. The number of aryl methyl sites for hydroxylation is 1. The molecule has 0 radical (unpaired) electrons. The Hall–Kier alpha value is -1.73. The van der Waals surface area contributed by atoms with Crippen molar-refractivity contribution in [1.82, 2.24) is 9.46 Å². The Morgan fingerprint density at radius 1 is 1.38 bits per heavy atom. The number of hydrogen-bond acceptors (Lipinski definition) is 4. The van der Waals surface area contributed by atoms with Gasteiger partial charge in [-0.3, -0.25) is 0 Å². The second kappa shape index (κ2) is 5.23. The van der Waals surface area contributed by atoms with Crippen LogP contribution in [0.1, 0.15) is 30.3 Å². The van der Waals surface area contributed by atoms with Crippen LogP contribution in [-0.4, -0.2) is 24.4 Å². The molecule has 0 bridgehead atoms. The smallest absolute Gasteiger partial charge is 0.246 e. The number of benzene rings is 1. The van der Waals surface area contributed by atoms with Crippen LogP contribution in [0.5, 0.6) is 0 Å². The highest BCUT2D eigenvalue weighted by atomic mass is 32.2. The van der Waals surface area contributed by atoms with Gasteiger partial charge in [-0.05, 0) is 31.9 Å². The number of aromatic nitrogens is 1. The topological polar surface area (TPSA) is 63.4 Å². The minimum absolute atomic E-state index is 0.294. The van der Waals surface area contributed by atoms with Gasteiger partial charge in [0.25, 0.3) is 0 Å². The van der Waals surface area contributed by atoms with Crippen LogP contribution in [0.3, 0.4) is 0 Å². The average molecular weight is 310 g/mol. The zero-order chi connectivity index (χ0) is 15.0. The molecule has 1 aromatic carbocycles. The first-order chi connectivity index (χ1) is 10.00. The van der Waals surface area contributed by atoms with E-state index in [4.69, 9.17) is 4.52 Å². The van der Waals surface area contributed by atoms with E-state index >= 15 is 0 Å². The second-order valence-electron chi connectivity index (χ2n) is 5.07. The number of rotatable bonds is 3. The third-order valence-corrected chi connectivity index (χ3v) is 5.56. The van der Waals surface area contributed by atoms with Crippen molar-refractivity contribution < 1.29 is 17.3 Å². The van der Waals surface area contributed by atoms with Gasteiger partial charge in [0.05, 0.1) is 6.04 Å². The zero-order valence-electron chi connectivity index (χ0n) is 11.5. The quantitative estimate of drug-likeness (QED) is 0.874. The van der Waals surface area contributed by atoms with Crippen LogP contribution in [-0.2, 0) is 10.0 Å². The van der Waals surface area contributed by atoms with Crippen molar-refractivity contribution in [1.29, 1.82) is 0 Å². The lowest BCUT2D eigenvalue weighted by molar-refractivity contribution is 0.348. The summed E-state index contributed by atoms with van der Waals surface area (Å²) in [4.78, 5) is -0.294. The summed E-state index contributed by atoms with van der Waals surface area (Å²) in [6, 6.07) is 6.75. The molecule has 2 heterocycles. The summed E-state index contributed by atoms with van der Waals surface area (Å²) in [5.74, 6) is -0.111. The van der Waals surface area contributed by atoms with E-state index in [0.29, 0.717) is 30.8 Å². The molecule has 21 heavy (non-hydrogen) atoms. The van der Waals surface area contributed by atoms with E-state index in [1.54, 1.807) is 13.0 Å². The van der Waals surface area contributed by atoms with E-state index in [9.17, 15) is 12.8 Å². The van der Waals surface area contributed by atoms with Gasteiger partial charge in [0.2, 0.25) is 10.0 Å². The first-order valence-corrected chi connectivity index (χ1v) is 8.14. The molecule has 0 spiro atoms. The molecule has 1 aliphatic heterocycles. The van der Waals surface area contributed by atoms with Crippen LogP contribution in [0.2, 0.25) is 0 Å². The third kappa shape index (κ3) is 2.47. The molecular formula is C14H15FN2O3S. The predicted molar refractivity (Wildman–Crippen MR) is 73.5 cm³/mol. The van der Waals surface area contributed by atoms with E-state index in [2.05, 4.69) is 5.16 Å². The van der Waals surface area contributed by atoms with Crippen molar-refractivity contribution >= 4 is 10.0 Å². The molecule has 5 nitrogen and oxygen atoms in total. The normalized spacial score (nSPS) is 20.0. The molecule has 7 heteroatoms. The molecule has 0 N–H and O–H groups in total. The standard InChI is InChI=1S/C14H15FN2O3S/c1-10-9-12(16-20-10)13-6-4-8-17(13)21(18,19)14-7-3-2-5-11(14)15/h2-3,5,7,9,13H,4,6,8H2,1H3/t13-/m0/s1. The predicted octanol–water partition coefficient (Wildman–Crippen LogP) is 2.65. The maximum atomic E-state index is 13.8. The minimum atomic E-state index is -3.88. The molecule has 1 saturated heterocycles. The maximum Gasteiger partial charge on any atom is 0.246 e. The summed E-state index contributed by atoms with van der Waals surface area (Å²) in [6.07, 6.45) is 1.36.